The molecule has 5 heteroatoms. The van der Waals surface area contributed by atoms with Crippen LogP contribution in [0.2, 0.25) is 0 Å². The van der Waals surface area contributed by atoms with E-state index in [4.69, 9.17) is 9.84 Å². The summed E-state index contributed by atoms with van der Waals surface area (Å²) < 4.78 is 5.24. The summed E-state index contributed by atoms with van der Waals surface area (Å²) in [4.78, 5) is 24.4. The van der Waals surface area contributed by atoms with Crippen molar-refractivity contribution in [3.05, 3.63) is 29.8 Å². The Balaban J connectivity index is 1.94. The van der Waals surface area contributed by atoms with Gasteiger partial charge in [0.1, 0.15) is 12.3 Å². The lowest BCUT2D eigenvalue weighted by Crippen LogP contribution is -2.37. The van der Waals surface area contributed by atoms with Crippen molar-refractivity contribution in [2.75, 3.05) is 13.7 Å². The van der Waals surface area contributed by atoms with Crippen LogP contribution in [0.1, 0.15) is 24.8 Å². The van der Waals surface area contributed by atoms with Gasteiger partial charge in [0.05, 0.1) is 7.11 Å². The molecule has 0 aromatic heterocycles. The number of carbonyl (C=O) groups excluding carboxylic acids is 1. The highest BCUT2D eigenvalue weighted by molar-refractivity contribution is 5.82. The molecule has 0 spiro atoms. The largest absolute Gasteiger partial charge is 0.496 e. The molecule has 1 aliphatic rings. The van der Waals surface area contributed by atoms with Gasteiger partial charge in [0, 0.05) is 12.5 Å². The molecule has 0 bridgehead atoms. The van der Waals surface area contributed by atoms with Gasteiger partial charge in [0.25, 0.3) is 0 Å². The molecule has 1 saturated carbocycles. The van der Waals surface area contributed by atoms with E-state index in [-0.39, 0.29) is 18.5 Å². The van der Waals surface area contributed by atoms with Gasteiger partial charge < -0.3 is 14.7 Å². The number of methoxy groups -OCH3 is 1. The molecule has 1 aliphatic carbocycles. The van der Waals surface area contributed by atoms with Crippen molar-refractivity contribution in [2.24, 2.45) is 0 Å². The minimum Gasteiger partial charge on any atom is -0.496 e. The predicted molar refractivity (Wildman–Crippen MR) is 73.7 cm³/mol. The average molecular weight is 277 g/mol. The first-order valence-electron chi connectivity index (χ1n) is 6.75. The molecule has 108 valence electrons. The van der Waals surface area contributed by atoms with Crippen LogP contribution >= 0.6 is 0 Å². The standard InChI is InChI=1S/C15H19NO4/c1-20-13-5-3-2-4-11(13)6-9-14(17)16(10-15(18)19)12-7-8-12/h2-5,12H,6-10H2,1H3,(H,18,19). The maximum absolute atomic E-state index is 12.2. The lowest BCUT2D eigenvalue weighted by atomic mass is 10.1. The number of rotatable bonds is 7. The number of ether oxygens (including phenoxy) is 1. The van der Waals surface area contributed by atoms with Crippen LogP contribution < -0.4 is 4.74 Å². The van der Waals surface area contributed by atoms with Crippen LogP contribution in [0.5, 0.6) is 5.75 Å². The summed E-state index contributed by atoms with van der Waals surface area (Å²) in [6, 6.07) is 7.68. The number of amides is 1. The quantitative estimate of drug-likeness (QED) is 0.823. The summed E-state index contributed by atoms with van der Waals surface area (Å²) in [6.45, 7) is -0.199. The minimum absolute atomic E-state index is 0.0965. The van der Waals surface area contributed by atoms with E-state index < -0.39 is 5.97 Å². The zero-order chi connectivity index (χ0) is 14.5. The van der Waals surface area contributed by atoms with Crippen molar-refractivity contribution in [3.8, 4) is 5.75 Å². The van der Waals surface area contributed by atoms with Gasteiger partial charge in [0.2, 0.25) is 5.91 Å². The zero-order valence-electron chi connectivity index (χ0n) is 11.5. The fourth-order valence-corrected chi connectivity index (χ4v) is 2.25. The number of carbonyl (C=O) groups is 2. The Morgan fingerprint density at radius 2 is 2.05 bits per heavy atom. The fraction of sp³-hybridized carbons (Fsp3) is 0.467. The molecule has 2 rings (SSSR count). The van der Waals surface area contributed by atoms with Crippen LogP contribution in [-0.4, -0.2) is 41.6 Å². The summed E-state index contributed by atoms with van der Waals surface area (Å²) in [5.74, 6) is -0.292. The van der Waals surface area contributed by atoms with Crippen molar-refractivity contribution >= 4 is 11.9 Å². The monoisotopic (exact) mass is 277 g/mol. The number of benzene rings is 1. The molecule has 1 aromatic rings. The number of aryl methyl sites for hydroxylation is 1. The molecule has 0 atom stereocenters. The summed E-state index contributed by atoms with van der Waals surface area (Å²) in [6.07, 6.45) is 2.69. The molecular weight excluding hydrogens is 258 g/mol. The molecule has 1 aromatic carbocycles. The van der Waals surface area contributed by atoms with E-state index in [2.05, 4.69) is 0 Å². The number of para-hydroxylation sites is 1. The van der Waals surface area contributed by atoms with E-state index in [1.54, 1.807) is 7.11 Å². The topological polar surface area (TPSA) is 66.8 Å². The van der Waals surface area contributed by atoms with Gasteiger partial charge >= 0.3 is 5.97 Å². The number of hydrogen-bond acceptors (Lipinski definition) is 3. The smallest absolute Gasteiger partial charge is 0.323 e. The maximum Gasteiger partial charge on any atom is 0.323 e. The van der Waals surface area contributed by atoms with E-state index >= 15 is 0 Å². The van der Waals surface area contributed by atoms with Gasteiger partial charge in [-0.1, -0.05) is 18.2 Å². The van der Waals surface area contributed by atoms with E-state index in [9.17, 15) is 9.59 Å². The highest BCUT2D eigenvalue weighted by Gasteiger charge is 2.33. The molecule has 0 aliphatic heterocycles. The van der Waals surface area contributed by atoms with Crippen LogP contribution in [0.15, 0.2) is 24.3 Å². The Bertz CT molecular complexity index is 496. The Morgan fingerprint density at radius 3 is 2.65 bits per heavy atom. The maximum atomic E-state index is 12.2. The van der Waals surface area contributed by atoms with Gasteiger partial charge in [-0.15, -0.1) is 0 Å². The second kappa shape index (κ2) is 6.41. The highest BCUT2D eigenvalue weighted by Crippen LogP contribution is 2.28. The Hall–Kier alpha value is -2.04. The first-order chi connectivity index (χ1) is 9.61. The van der Waals surface area contributed by atoms with Crippen LogP contribution in [0.25, 0.3) is 0 Å². The molecule has 1 fully saturated rings. The number of carboxylic acids is 1. The zero-order valence-corrected chi connectivity index (χ0v) is 11.5. The molecule has 0 radical (unpaired) electrons. The van der Waals surface area contributed by atoms with Gasteiger partial charge in [-0.3, -0.25) is 9.59 Å². The first kappa shape index (κ1) is 14.4. The number of nitrogens with zero attached hydrogens (tertiary/aromatic N) is 1. The van der Waals surface area contributed by atoms with Crippen molar-refractivity contribution < 1.29 is 19.4 Å². The van der Waals surface area contributed by atoms with Crippen LogP contribution in [-0.2, 0) is 16.0 Å². The number of hydrogen-bond donors (Lipinski definition) is 1. The average Bonchev–Trinajstić information content (AvgIpc) is 3.26. The first-order valence-corrected chi connectivity index (χ1v) is 6.75. The lowest BCUT2D eigenvalue weighted by Gasteiger charge is -2.20. The van der Waals surface area contributed by atoms with Gasteiger partial charge in [-0.05, 0) is 30.9 Å². The third-order valence-corrected chi connectivity index (χ3v) is 3.41. The molecular formula is C15H19NO4. The van der Waals surface area contributed by atoms with Crippen molar-refractivity contribution in [2.45, 2.75) is 31.7 Å². The van der Waals surface area contributed by atoms with Gasteiger partial charge in [-0.2, -0.15) is 0 Å². The summed E-state index contributed by atoms with van der Waals surface area (Å²) >= 11 is 0. The van der Waals surface area contributed by atoms with Crippen LogP contribution in [0.3, 0.4) is 0 Å². The molecule has 0 heterocycles. The molecule has 20 heavy (non-hydrogen) atoms. The molecule has 0 unspecified atom stereocenters. The van der Waals surface area contributed by atoms with E-state index in [0.717, 1.165) is 24.2 Å². The molecule has 1 N–H and O–H groups in total. The highest BCUT2D eigenvalue weighted by atomic mass is 16.5. The normalized spacial score (nSPS) is 13.8. The van der Waals surface area contributed by atoms with Crippen molar-refractivity contribution in [1.29, 1.82) is 0 Å². The third kappa shape index (κ3) is 3.73. The molecule has 1 amide bonds. The minimum atomic E-state index is -0.956. The van der Waals surface area contributed by atoms with Gasteiger partial charge in [0.15, 0.2) is 0 Å². The Kier molecular flexibility index (Phi) is 4.61. The number of aliphatic carboxylic acids is 1. The molecule has 5 nitrogen and oxygen atoms in total. The van der Waals surface area contributed by atoms with E-state index in [1.807, 2.05) is 24.3 Å². The summed E-state index contributed by atoms with van der Waals surface area (Å²) in [7, 11) is 1.60. The Labute approximate surface area is 118 Å². The van der Waals surface area contributed by atoms with Crippen LogP contribution in [0.4, 0.5) is 0 Å². The lowest BCUT2D eigenvalue weighted by molar-refractivity contribution is -0.144. The number of carboxylic acid groups (broad SMARTS) is 1. The van der Waals surface area contributed by atoms with E-state index in [0.29, 0.717) is 12.8 Å². The van der Waals surface area contributed by atoms with Crippen molar-refractivity contribution in [3.63, 3.8) is 0 Å². The molecule has 0 saturated heterocycles. The second-order valence-electron chi connectivity index (χ2n) is 4.96. The van der Waals surface area contributed by atoms with E-state index in [1.165, 1.54) is 4.90 Å². The third-order valence-electron chi connectivity index (χ3n) is 3.41. The summed E-state index contributed by atoms with van der Waals surface area (Å²) in [5.41, 5.74) is 0.967. The fourth-order valence-electron chi connectivity index (χ4n) is 2.25. The second-order valence-corrected chi connectivity index (χ2v) is 4.96. The summed E-state index contributed by atoms with van der Waals surface area (Å²) in [5, 5.41) is 8.86. The van der Waals surface area contributed by atoms with Crippen molar-refractivity contribution in [1.82, 2.24) is 4.90 Å². The predicted octanol–water partition coefficient (Wildman–Crippen LogP) is 1.70. The Morgan fingerprint density at radius 1 is 1.35 bits per heavy atom. The SMILES string of the molecule is COc1ccccc1CCC(=O)N(CC(=O)O)C1CC1. The van der Waals surface area contributed by atoms with Crippen LogP contribution in [0, 0.1) is 0 Å². The van der Waals surface area contributed by atoms with Gasteiger partial charge in [-0.25, -0.2) is 0 Å².